The van der Waals surface area contributed by atoms with Gasteiger partial charge in [0, 0.05) is 6.42 Å². The summed E-state index contributed by atoms with van der Waals surface area (Å²) in [6, 6.07) is -0.802. The fourth-order valence-electron chi connectivity index (χ4n) is 9.27. The number of nitrogens with zero attached hydrogens (tertiary/aromatic N) is 1. The zero-order valence-electron chi connectivity index (χ0n) is 46.3. The van der Waals surface area contributed by atoms with Crippen LogP contribution in [0, 0.1) is 0 Å². The summed E-state index contributed by atoms with van der Waals surface area (Å²) in [7, 11) is 1.31. The Hall–Kier alpha value is -0.760. The van der Waals surface area contributed by atoms with E-state index >= 15 is 0 Å². The zero-order valence-corrected chi connectivity index (χ0v) is 47.2. The van der Waals surface area contributed by atoms with Crippen molar-refractivity contribution in [2.75, 3.05) is 40.9 Å². The van der Waals surface area contributed by atoms with E-state index in [1.165, 1.54) is 231 Å². The largest absolute Gasteiger partial charge is 0.756 e. The molecule has 0 aliphatic heterocycles. The predicted octanol–water partition coefficient (Wildman–Crippen LogP) is 17.6. The Labute approximate surface area is 424 Å². The van der Waals surface area contributed by atoms with Crippen LogP contribution >= 0.6 is 7.82 Å². The van der Waals surface area contributed by atoms with Crippen molar-refractivity contribution in [3.63, 3.8) is 0 Å². The lowest BCUT2D eigenvalue weighted by molar-refractivity contribution is -0.870. The van der Waals surface area contributed by atoms with Gasteiger partial charge in [-0.15, -0.1) is 0 Å². The molecule has 0 bridgehead atoms. The van der Waals surface area contributed by atoms with Gasteiger partial charge in [-0.25, -0.2) is 0 Å². The van der Waals surface area contributed by atoms with Gasteiger partial charge in [-0.05, 0) is 38.5 Å². The van der Waals surface area contributed by atoms with Crippen molar-refractivity contribution in [1.29, 1.82) is 0 Å². The Balaban J connectivity index is 3.95. The van der Waals surface area contributed by atoms with Gasteiger partial charge in [0.2, 0.25) is 5.91 Å². The number of phosphoric ester groups is 1. The number of phosphoric acid groups is 1. The average molecular weight is 984 g/mol. The summed E-state index contributed by atoms with van der Waals surface area (Å²) < 4.78 is 23.4. The van der Waals surface area contributed by atoms with Crippen LogP contribution in [0.25, 0.3) is 0 Å². The quantitative estimate of drug-likeness (QED) is 0.0272. The van der Waals surface area contributed by atoms with Crippen molar-refractivity contribution in [2.24, 2.45) is 0 Å². The highest BCUT2D eigenvalue weighted by molar-refractivity contribution is 7.45. The van der Waals surface area contributed by atoms with E-state index in [0.717, 1.165) is 51.4 Å². The van der Waals surface area contributed by atoms with E-state index in [2.05, 4.69) is 31.3 Å². The van der Waals surface area contributed by atoms with E-state index in [4.69, 9.17) is 9.05 Å². The Bertz CT molecular complexity index is 1120. The van der Waals surface area contributed by atoms with Crippen LogP contribution in [0.3, 0.4) is 0 Å². The van der Waals surface area contributed by atoms with E-state index in [9.17, 15) is 19.4 Å². The number of carbonyl (C=O) groups excluding carboxylic acids is 1. The van der Waals surface area contributed by atoms with Crippen molar-refractivity contribution in [3.05, 3.63) is 12.2 Å². The molecule has 0 aromatic rings. The minimum absolute atomic E-state index is 0.0128. The third-order valence-electron chi connectivity index (χ3n) is 14.0. The number of hydrogen-bond acceptors (Lipinski definition) is 6. The summed E-state index contributed by atoms with van der Waals surface area (Å²) in [6.07, 6.45) is 62.7. The van der Waals surface area contributed by atoms with Gasteiger partial charge in [0.05, 0.1) is 39.9 Å². The lowest BCUT2D eigenvalue weighted by Crippen LogP contribution is -2.46. The van der Waals surface area contributed by atoms with Gasteiger partial charge in [0.25, 0.3) is 7.82 Å². The maximum Gasteiger partial charge on any atom is 0.268 e. The summed E-state index contributed by atoms with van der Waals surface area (Å²) in [5.41, 5.74) is 0. The summed E-state index contributed by atoms with van der Waals surface area (Å²) in [5, 5.41) is 14.0. The second-order valence-electron chi connectivity index (χ2n) is 22.1. The fourth-order valence-corrected chi connectivity index (χ4v) is 10.00. The molecule has 406 valence electrons. The second kappa shape index (κ2) is 51.2. The van der Waals surface area contributed by atoms with Crippen LogP contribution in [0.1, 0.15) is 309 Å². The molecule has 8 nitrogen and oxygen atoms in total. The lowest BCUT2D eigenvalue weighted by Gasteiger charge is -2.30. The van der Waals surface area contributed by atoms with Gasteiger partial charge in [0.15, 0.2) is 0 Å². The molecule has 9 heteroatoms. The van der Waals surface area contributed by atoms with Crippen LogP contribution in [-0.4, -0.2) is 68.5 Å². The van der Waals surface area contributed by atoms with E-state index in [-0.39, 0.29) is 19.1 Å². The van der Waals surface area contributed by atoms with Crippen LogP contribution in [0.15, 0.2) is 12.2 Å². The molecular weight excluding hydrogens is 864 g/mol. The molecule has 3 atom stereocenters. The number of hydrogen-bond donors (Lipinski definition) is 2. The van der Waals surface area contributed by atoms with Crippen LogP contribution in [0.2, 0.25) is 0 Å². The molecule has 0 rings (SSSR count). The van der Waals surface area contributed by atoms with Crippen LogP contribution < -0.4 is 10.2 Å². The predicted molar refractivity (Wildman–Crippen MR) is 293 cm³/mol. The van der Waals surface area contributed by atoms with Gasteiger partial charge in [0.1, 0.15) is 13.2 Å². The number of likely N-dealkylation sites (N-methyl/N-ethyl adjacent to an activating group) is 1. The van der Waals surface area contributed by atoms with Crippen molar-refractivity contribution in [3.8, 4) is 0 Å². The van der Waals surface area contributed by atoms with Gasteiger partial charge in [-0.3, -0.25) is 9.36 Å². The first kappa shape index (κ1) is 67.2. The number of rotatable bonds is 56. The SMILES string of the molecule is CCCCCC/C=C\CCCCCCCC(=O)NC(COP(=O)([O-])OCC[N+](C)(C)C)C(O)CCCCCCCCCCCCCCCCCCCCCCCCCCCCCCCCCCC. The molecule has 0 aliphatic rings. The van der Waals surface area contributed by atoms with E-state index in [1.807, 2.05) is 21.1 Å². The number of allylic oxidation sites excluding steroid dienone is 2. The van der Waals surface area contributed by atoms with Crippen LogP contribution in [-0.2, 0) is 18.4 Å². The minimum Gasteiger partial charge on any atom is -0.756 e. The highest BCUT2D eigenvalue weighted by Gasteiger charge is 2.24. The maximum atomic E-state index is 12.9. The van der Waals surface area contributed by atoms with Crippen molar-refractivity contribution in [2.45, 2.75) is 321 Å². The summed E-state index contributed by atoms with van der Waals surface area (Å²) in [6.45, 7) is 4.74. The Morgan fingerprint density at radius 1 is 0.500 bits per heavy atom. The molecule has 0 aromatic heterocycles. The topological polar surface area (TPSA) is 108 Å². The van der Waals surface area contributed by atoms with Crippen molar-refractivity contribution < 1.29 is 32.9 Å². The maximum absolute atomic E-state index is 12.9. The highest BCUT2D eigenvalue weighted by Crippen LogP contribution is 2.38. The van der Waals surface area contributed by atoms with E-state index in [0.29, 0.717) is 23.9 Å². The van der Waals surface area contributed by atoms with E-state index < -0.39 is 20.0 Å². The molecule has 0 heterocycles. The summed E-state index contributed by atoms with van der Waals surface area (Å²) >= 11 is 0. The first-order chi connectivity index (χ1) is 33.0. The Morgan fingerprint density at radius 3 is 1.16 bits per heavy atom. The Kier molecular flexibility index (Phi) is 50.6. The third kappa shape index (κ3) is 53.0. The molecule has 0 saturated heterocycles. The number of carbonyl (C=O) groups is 1. The molecule has 0 aromatic carbocycles. The number of aliphatic hydroxyl groups is 1. The normalized spacial score (nSPS) is 13.9. The minimum atomic E-state index is -4.57. The molecule has 0 fully saturated rings. The molecule has 2 N–H and O–H groups in total. The van der Waals surface area contributed by atoms with Gasteiger partial charge < -0.3 is 28.8 Å². The van der Waals surface area contributed by atoms with Gasteiger partial charge >= 0.3 is 0 Å². The lowest BCUT2D eigenvalue weighted by atomic mass is 10.0. The van der Waals surface area contributed by atoms with Gasteiger partial charge in [-0.1, -0.05) is 276 Å². The van der Waals surface area contributed by atoms with Crippen LogP contribution in [0.4, 0.5) is 0 Å². The smallest absolute Gasteiger partial charge is 0.268 e. The standard InChI is InChI=1S/C59H119N2O6P/c1-6-8-10-12-14-16-18-20-21-22-23-24-25-26-27-28-29-30-31-32-33-34-35-36-37-38-39-41-42-44-46-48-50-52-58(62)57(56-67-68(64,65)66-55-54-61(3,4)5)60-59(63)53-51-49-47-45-43-40-19-17-15-13-11-9-7-2/h17,19,57-58,62H,6-16,18,20-56H2,1-5H3,(H-,60,63,64,65)/b19-17-. The monoisotopic (exact) mass is 983 g/mol. The fraction of sp³-hybridized carbons (Fsp3) is 0.949. The van der Waals surface area contributed by atoms with Gasteiger partial charge in [-0.2, -0.15) is 0 Å². The molecular formula is C59H119N2O6P. The van der Waals surface area contributed by atoms with E-state index in [1.54, 1.807) is 0 Å². The first-order valence-electron chi connectivity index (χ1n) is 30.0. The molecule has 0 aliphatic carbocycles. The molecule has 68 heavy (non-hydrogen) atoms. The molecule has 1 amide bonds. The second-order valence-corrected chi connectivity index (χ2v) is 23.5. The summed E-state index contributed by atoms with van der Waals surface area (Å²) in [4.78, 5) is 25.4. The third-order valence-corrected chi connectivity index (χ3v) is 15.0. The summed E-state index contributed by atoms with van der Waals surface area (Å²) in [5.74, 6) is -0.170. The molecule has 0 saturated carbocycles. The Morgan fingerprint density at radius 2 is 0.809 bits per heavy atom. The van der Waals surface area contributed by atoms with Crippen molar-refractivity contribution in [1.82, 2.24) is 5.32 Å². The number of quaternary nitrogens is 1. The number of aliphatic hydroxyl groups excluding tert-OH is 1. The molecule has 3 unspecified atom stereocenters. The molecule has 0 spiro atoms. The molecule has 0 radical (unpaired) electrons. The zero-order chi connectivity index (χ0) is 49.9. The van der Waals surface area contributed by atoms with Crippen molar-refractivity contribution >= 4 is 13.7 Å². The highest BCUT2D eigenvalue weighted by atomic mass is 31.2. The number of unbranched alkanes of at least 4 members (excludes halogenated alkanes) is 41. The average Bonchev–Trinajstić information content (AvgIpc) is 3.30. The first-order valence-corrected chi connectivity index (χ1v) is 31.5. The number of amides is 1. The van der Waals surface area contributed by atoms with Crippen LogP contribution in [0.5, 0.6) is 0 Å². The number of nitrogens with one attached hydrogen (secondary N) is 1.